The second-order valence-electron chi connectivity index (χ2n) is 7.96. The van der Waals surface area contributed by atoms with Gasteiger partial charge in [0.15, 0.2) is 0 Å². The zero-order valence-electron chi connectivity index (χ0n) is 18.6. The summed E-state index contributed by atoms with van der Waals surface area (Å²) >= 11 is 25.0. The molecule has 0 aliphatic heterocycles. The largest absolute Gasteiger partial charge is 0.365 e. The van der Waals surface area contributed by atoms with E-state index in [0.29, 0.717) is 39.8 Å². The van der Waals surface area contributed by atoms with Gasteiger partial charge >= 0.3 is 0 Å². The van der Waals surface area contributed by atoms with Gasteiger partial charge in [-0.2, -0.15) is 0 Å². The van der Waals surface area contributed by atoms with Gasteiger partial charge in [-0.25, -0.2) is 13.5 Å². The predicted octanol–water partition coefficient (Wildman–Crippen LogP) is 8.20. The molecule has 4 aromatic rings. The summed E-state index contributed by atoms with van der Waals surface area (Å²) in [5, 5.41) is 2.21. The Morgan fingerprint density at radius 2 is 1.63 bits per heavy atom. The maximum Gasteiger partial charge on any atom is 0.244 e. The van der Waals surface area contributed by atoms with Gasteiger partial charge in [0.2, 0.25) is 6.33 Å². The van der Waals surface area contributed by atoms with Crippen LogP contribution in [0.25, 0.3) is 6.08 Å². The molecule has 180 valence electrons. The molecule has 4 rings (SSSR count). The third kappa shape index (κ3) is 7.33. The fourth-order valence-corrected chi connectivity index (χ4v) is 4.56. The first-order valence-electron chi connectivity index (χ1n) is 10.8. The number of ether oxygens (including phenoxy) is 1. The molecule has 1 aromatic heterocycles. The fraction of sp³-hybridized carbons (Fsp3) is 0.148. The molecule has 0 amide bonds. The molecule has 0 saturated carbocycles. The van der Waals surface area contributed by atoms with Gasteiger partial charge in [-0.1, -0.05) is 76.7 Å². The lowest BCUT2D eigenvalue weighted by Crippen LogP contribution is -2.30. The molecular weight excluding hydrogens is 529 g/mol. The van der Waals surface area contributed by atoms with Crippen molar-refractivity contribution in [2.75, 3.05) is 0 Å². The fourth-order valence-electron chi connectivity index (χ4n) is 3.56. The zero-order valence-corrected chi connectivity index (χ0v) is 21.6. The van der Waals surface area contributed by atoms with Crippen LogP contribution in [0.15, 0.2) is 85.5 Å². The Morgan fingerprint density at radius 3 is 2.34 bits per heavy atom. The van der Waals surface area contributed by atoms with Crippen LogP contribution >= 0.6 is 46.4 Å². The molecule has 0 spiro atoms. The highest BCUT2D eigenvalue weighted by molar-refractivity contribution is 6.35. The van der Waals surface area contributed by atoms with Gasteiger partial charge in [-0.05, 0) is 53.6 Å². The highest BCUT2D eigenvalue weighted by Crippen LogP contribution is 2.31. The van der Waals surface area contributed by atoms with Gasteiger partial charge in [0, 0.05) is 25.7 Å². The number of aromatic nitrogens is 2. The molecule has 0 aliphatic rings. The second kappa shape index (κ2) is 12.1. The molecule has 1 heterocycles. The van der Waals surface area contributed by atoms with E-state index in [4.69, 9.17) is 51.1 Å². The van der Waals surface area contributed by atoms with Gasteiger partial charge in [0.05, 0.1) is 6.61 Å². The van der Waals surface area contributed by atoms with E-state index in [0.717, 1.165) is 16.7 Å². The van der Waals surface area contributed by atoms with Crippen molar-refractivity contribution in [1.29, 1.82) is 0 Å². The summed E-state index contributed by atoms with van der Waals surface area (Å²) in [5.74, 6) is -0.246. The summed E-state index contributed by atoms with van der Waals surface area (Å²) in [6.07, 6.45) is 9.57. The van der Waals surface area contributed by atoms with E-state index < -0.39 is 0 Å². The lowest BCUT2D eigenvalue weighted by atomic mass is 10.1. The number of hydrogen-bond acceptors (Lipinski definition) is 1. The van der Waals surface area contributed by atoms with Crippen LogP contribution < -0.4 is 4.57 Å². The lowest BCUT2D eigenvalue weighted by Gasteiger charge is -2.19. The van der Waals surface area contributed by atoms with Gasteiger partial charge in [0.25, 0.3) is 0 Å². The van der Waals surface area contributed by atoms with Crippen molar-refractivity contribution in [3.8, 4) is 0 Å². The molecule has 0 fully saturated rings. The van der Waals surface area contributed by atoms with E-state index in [2.05, 4.69) is 0 Å². The molecule has 1 unspecified atom stereocenters. The van der Waals surface area contributed by atoms with Crippen LogP contribution in [0.2, 0.25) is 20.1 Å². The number of rotatable bonds is 9. The molecular formula is C27H22Cl4FN2O+. The smallest absolute Gasteiger partial charge is 0.244 e. The van der Waals surface area contributed by atoms with Crippen LogP contribution in [-0.4, -0.2) is 4.57 Å². The number of benzene rings is 3. The molecule has 0 radical (unpaired) electrons. The van der Waals surface area contributed by atoms with Crippen LogP contribution in [-0.2, 0) is 24.4 Å². The Kier molecular flexibility index (Phi) is 8.88. The van der Waals surface area contributed by atoms with Crippen molar-refractivity contribution in [2.45, 2.75) is 25.8 Å². The molecule has 3 nitrogen and oxygen atoms in total. The highest BCUT2D eigenvalue weighted by atomic mass is 35.5. The number of imidazole rings is 1. The quantitative estimate of drug-likeness (QED) is 0.192. The van der Waals surface area contributed by atoms with Gasteiger partial charge in [-0.15, -0.1) is 0 Å². The Bertz CT molecular complexity index is 1320. The van der Waals surface area contributed by atoms with Crippen molar-refractivity contribution in [3.05, 3.63) is 128 Å². The molecule has 8 heteroatoms. The topological polar surface area (TPSA) is 18.0 Å². The number of nitrogens with zero attached hydrogens (tertiary/aromatic N) is 2. The average Bonchev–Trinajstić information content (AvgIpc) is 3.26. The molecule has 0 N–H and O–H groups in total. The summed E-state index contributed by atoms with van der Waals surface area (Å²) in [7, 11) is 0. The Hall–Kier alpha value is -2.34. The monoisotopic (exact) mass is 549 g/mol. The van der Waals surface area contributed by atoms with Crippen molar-refractivity contribution >= 4 is 52.5 Å². The van der Waals surface area contributed by atoms with E-state index in [1.807, 2.05) is 52.1 Å². The maximum absolute atomic E-state index is 13.1. The molecule has 0 aliphatic carbocycles. The molecule has 0 bridgehead atoms. The SMILES string of the molecule is Fc1ccc(/C=C/C[n+]2ccn(CC(OCc3ccc(Cl)cc3Cl)c3ccc(Cl)cc3Cl)c2)cc1. The van der Waals surface area contributed by atoms with Gasteiger partial charge in [-0.3, -0.25) is 0 Å². The summed E-state index contributed by atoms with van der Waals surface area (Å²) in [6, 6.07) is 17.1. The van der Waals surface area contributed by atoms with E-state index >= 15 is 0 Å². The lowest BCUT2D eigenvalue weighted by molar-refractivity contribution is -0.686. The maximum atomic E-state index is 13.1. The van der Waals surface area contributed by atoms with Crippen LogP contribution in [0.4, 0.5) is 4.39 Å². The number of allylic oxidation sites excluding steroid dienone is 1. The minimum atomic E-state index is -0.345. The van der Waals surface area contributed by atoms with Crippen LogP contribution in [0.3, 0.4) is 0 Å². The second-order valence-corrected chi connectivity index (χ2v) is 9.65. The average molecular weight is 551 g/mol. The zero-order chi connectivity index (χ0) is 24.8. The highest BCUT2D eigenvalue weighted by Gasteiger charge is 2.20. The number of hydrogen-bond donors (Lipinski definition) is 0. The minimum absolute atomic E-state index is 0.246. The first kappa shape index (κ1) is 25.7. The first-order chi connectivity index (χ1) is 16.9. The minimum Gasteiger partial charge on any atom is -0.365 e. The van der Waals surface area contributed by atoms with Gasteiger partial charge < -0.3 is 4.74 Å². The third-order valence-corrected chi connectivity index (χ3v) is 6.53. The standard InChI is InChI=1S/C27H22Cl4FN2O/c28-21-6-5-20(25(30)14-21)17-35-27(24-10-7-22(29)15-26(24)31)16-34-13-12-33(18-34)11-1-2-19-3-8-23(32)9-4-19/h1-10,12-15,18,27H,11,16-17H2/q+1/b2-1+. The van der Waals surface area contributed by atoms with E-state index in [1.165, 1.54) is 12.1 Å². The summed E-state index contributed by atoms with van der Waals surface area (Å²) in [5.41, 5.74) is 2.61. The summed E-state index contributed by atoms with van der Waals surface area (Å²) < 4.78 is 23.4. The van der Waals surface area contributed by atoms with Gasteiger partial charge in [0.1, 0.15) is 37.4 Å². The van der Waals surface area contributed by atoms with Crippen molar-refractivity contribution < 1.29 is 13.7 Å². The summed E-state index contributed by atoms with van der Waals surface area (Å²) in [4.78, 5) is 0. The van der Waals surface area contributed by atoms with Crippen LogP contribution in [0, 0.1) is 5.82 Å². The Labute approximate surface area is 223 Å². The van der Waals surface area contributed by atoms with Crippen molar-refractivity contribution in [1.82, 2.24) is 4.57 Å². The number of halogens is 5. The van der Waals surface area contributed by atoms with Crippen LogP contribution in [0.5, 0.6) is 0 Å². The van der Waals surface area contributed by atoms with Crippen molar-refractivity contribution in [3.63, 3.8) is 0 Å². The molecule has 3 aromatic carbocycles. The normalized spacial score (nSPS) is 12.4. The van der Waals surface area contributed by atoms with E-state index in [-0.39, 0.29) is 11.9 Å². The van der Waals surface area contributed by atoms with Crippen LogP contribution in [0.1, 0.15) is 22.8 Å². The Balaban J connectivity index is 1.47. The molecule has 35 heavy (non-hydrogen) atoms. The molecule has 0 saturated heterocycles. The predicted molar refractivity (Wildman–Crippen MR) is 141 cm³/mol. The third-order valence-electron chi connectivity index (χ3n) is 5.38. The van der Waals surface area contributed by atoms with E-state index in [1.54, 1.807) is 36.4 Å². The summed E-state index contributed by atoms with van der Waals surface area (Å²) in [6.45, 7) is 1.49. The van der Waals surface area contributed by atoms with E-state index in [9.17, 15) is 4.39 Å². The molecule has 1 atom stereocenters. The Morgan fingerprint density at radius 1 is 0.914 bits per heavy atom. The first-order valence-corrected chi connectivity index (χ1v) is 12.4. The van der Waals surface area contributed by atoms with Crippen molar-refractivity contribution in [2.24, 2.45) is 0 Å².